The van der Waals surface area contributed by atoms with Gasteiger partial charge in [-0.25, -0.2) is 8.78 Å². The van der Waals surface area contributed by atoms with Crippen LogP contribution in [-0.2, 0) is 4.79 Å². The molecule has 0 aliphatic carbocycles. The summed E-state index contributed by atoms with van der Waals surface area (Å²) >= 11 is 0.887. The zero-order valence-corrected chi connectivity index (χ0v) is 13.0. The van der Waals surface area contributed by atoms with Crippen molar-refractivity contribution in [1.29, 1.82) is 0 Å². The van der Waals surface area contributed by atoms with Crippen molar-refractivity contribution in [3.05, 3.63) is 60.2 Å². The van der Waals surface area contributed by atoms with Gasteiger partial charge in [-0.1, -0.05) is 23.9 Å². The molecule has 0 saturated carbocycles. The lowest BCUT2D eigenvalue weighted by Gasteiger charge is -2.11. The van der Waals surface area contributed by atoms with Crippen LogP contribution in [0.15, 0.2) is 53.7 Å². The first kappa shape index (κ1) is 16.1. The van der Waals surface area contributed by atoms with Gasteiger partial charge in [-0.2, -0.15) is 0 Å². The predicted octanol–water partition coefficient (Wildman–Crippen LogP) is 2.05. The summed E-state index contributed by atoms with van der Waals surface area (Å²) in [5.74, 6) is -2.33. The van der Waals surface area contributed by atoms with Gasteiger partial charge < -0.3 is 9.90 Å². The number of carbonyl (C=O) groups excluding carboxylic acids is 1. The summed E-state index contributed by atoms with van der Waals surface area (Å²) < 4.78 is 28.8. The van der Waals surface area contributed by atoms with E-state index < -0.39 is 17.6 Å². The largest absolute Gasteiger partial charge is 0.549 e. The molecule has 0 spiro atoms. The molecule has 8 heteroatoms. The Hall–Kier alpha value is -2.74. The molecule has 3 rings (SSSR count). The number of halogens is 2. The van der Waals surface area contributed by atoms with Crippen LogP contribution in [0.5, 0.6) is 0 Å². The topological polar surface area (TPSA) is 70.8 Å². The molecule has 0 saturated heterocycles. The highest BCUT2D eigenvalue weighted by atomic mass is 32.2. The monoisotopic (exact) mass is 346 g/mol. The molecule has 1 aromatic heterocycles. The number of aliphatic carboxylic acids is 1. The second kappa shape index (κ2) is 6.79. The van der Waals surface area contributed by atoms with E-state index in [1.165, 1.54) is 41.0 Å². The van der Waals surface area contributed by atoms with Crippen molar-refractivity contribution in [2.45, 2.75) is 5.16 Å². The minimum Gasteiger partial charge on any atom is -0.549 e. The van der Waals surface area contributed by atoms with E-state index in [-0.39, 0.29) is 22.3 Å². The second-order valence-electron chi connectivity index (χ2n) is 4.76. The normalized spacial score (nSPS) is 10.8. The highest BCUT2D eigenvalue weighted by Crippen LogP contribution is 2.29. The molecule has 5 nitrogen and oxygen atoms in total. The van der Waals surface area contributed by atoms with Crippen LogP contribution in [-0.4, -0.2) is 26.5 Å². The summed E-state index contributed by atoms with van der Waals surface area (Å²) in [5, 5.41) is 18.8. The van der Waals surface area contributed by atoms with Crippen molar-refractivity contribution in [1.82, 2.24) is 14.8 Å². The van der Waals surface area contributed by atoms with Gasteiger partial charge in [0.1, 0.15) is 11.6 Å². The standard InChI is InChI=1S/C16H11F2N3O2S/c17-10-5-7-11(8-6-10)21-15(12-3-1-2-4-13(12)18)19-20-16(21)24-9-14(22)23/h1-8H,9H2,(H,22,23)/p-1. The minimum atomic E-state index is -1.26. The molecule has 0 atom stereocenters. The van der Waals surface area contributed by atoms with Gasteiger partial charge in [0.15, 0.2) is 11.0 Å². The van der Waals surface area contributed by atoms with Gasteiger partial charge in [-0.3, -0.25) is 4.57 Å². The van der Waals surface area contributed by atoms with E-state index in [4.69, 9.17) is 0 Å². The summed E-state index contributed by atoms with van der Waals surface area (Å²) in [4.78, 5) is 10.7. The van der Waals surface area contributed by atoms with Crippen LogP contribution in [0, 0.1) is 11.6 Å². The van der Waals surface area contributed by atoms with Crippen LogP contribution in [0.2, 0.25) is 0 Å². The zero-order chi connectivity index (χ0) is 17.1. The van der Waals surface area contributed by atoms with Gasteiger partial charge in [0, 0.05) is 11.4 Å². The third-order valence-electron chi connectivity index (χ3n) is 3.15. The van der Waals surface area contributed by atoms with Crippen LogP contribution in [0.1, 0.15) is 0 Å². The van der Waals surface area contributed by atoms with Crippen molar-refractivity contribution < 1.29 is 18.7 Å². The summed E-state index contributed by atoms with van der Waals surface area (Å²) in [6.07, 6.45) is 0. The van der Waals surface area contributed by atoms with Crippen LogP contribution < -0.4 is 5.11 Å². The maximum Gasteiger partial charge on any atom is 0.196 e. The molecule has 0 unspecified atom stereocenters. The molecule has 0 N–H and O–H groups in total. The summed E-state index contributed by atoms with van der Waals surface area (Å²) in [5.41, 5.74) is 0.690. The van der Waals surface area contributed by atoms with Crippen LogP contribution in [0.3, 0.4) is 0 Å². The lowest BCUT2D eigenvalue weighted by molar-refractivity contribution is -0.301. The lowest BCUT2D eigenvalue weighted by atomic mass is 10.2. The average molecular weight is 346 g/mol. The lowest BCUT2D eigenvalue weighted by Crippen LogP contribution is -2.24. The van der Waals surface area contributed by atoms with Crippen LogP contribution in [0.25, 0.3) is 17.1 Å². The smallest absolute Gasteiger partial charge is 0.196 e. The summed E-state index contributed by atoms with van der Waals surface area (Å²) in [7, 11) is 0. The Kier molecular flexibility index (Phi) is 4.57. The minimum absolute atomic E-state index is 0.195. The highest BCUT2D eigenvalue weighted by molar-refractivity contribution is 7.99. The molecule has 0 radical (unpaired) electrons. The van der Waals surface area contributed by atoms with E-state index in [9.17, 15) is 18.7 Å². The number of benzene rings is 2. The Balaban J connectivity index is 2.14. The van der Waals surface area contributed by atoms with Gasteiger partial charge in [-0.15, -0.1) is 10.2 Å². The molecule has 1 heterocycles. The summed E-state index contributed by atoms with van der Waals surface area (Å²) in [6.45, 7) is 0. The van der Waals surface area contributed by atoms with Crippen molar-refractivity contribution in [3.8, 4) is 17.1 Å². The molecular weight excluding hydrogens is 336 g/mol. The second-order valence-corrected chi connectivity index (χ2v) is 5.70. The molecule has 0 aliphatic rings. The van der Waals surface area contributed by atoms with Gasteiger partial charge in [0.2, 0.25) is 0 Å². The van der Waals surface area contributed by atoms with E-state index in [0.29, 0.717) is 5.69 Å². The van der Waals surface area contributed by atoms with Gasteiger partial charge in [-0.05, 0) is 36.4 Å². The Bertz CT molecular complexity index is 881. The predicted molar refractivity (Wildman–Crippen MR) is 82.4 cm³/mol. The first-order chi connectivity index (χ1) is 11.6. The van der Waals surface area contributed by atoms with Gasteiger partial charge in [0.25, 0.3) is 0 Å². The van der Waals surface area contributed by atoms with Gasteiger partial charge in [0.05, 0.1) is 11.5 Å². The highest BCUT2D eigenvalue weighted by Gasteiger charge is 2.18. The van der Waals surface area contributed by atoms with E-state index in [2.05, 4.69) is 10.2 Å². The number of hydrogen-bond acceptors (Lipinski definition) is 5. The van der Waals surface area contributed by atoms with E-state index in [1.54, 1.807) is 12.1 Å². The van der Waals surface area contributed by atoms with Crippen molar-refractivity contribution in [2.24, 2.45) is 0 Å². The number of carboxylic acids is 1. The number of carboxylic acid groups (broad SMARTS) is 1. The van der Waals surface area contributed by atoms with E-state index >= 15 is 0 Å². The SMILES string of the molecule is O=C([O-])CSc1nnc(-c2ccccc2F)n1-c1ccc(F)cc1. The average Bonchev–Trinajstić information content (AvgIpc) is 2.98. The fourth-order valence-corrected chi connectivity index (χ4v) is 2.79. The molecule has 2 aromatic carbocycles. The van der Waals surface area contributed by atoms with Crippen molar-refractivity contribution in [3.63, 3.8) is 0 Å². The fraction of sp³-hybridized carbons (Fsp3) is 0.0625. The molecule has 24 heavy (non-hydrogen) atoms. The molecule has 122 valence electrons. The van der Waals surface area contributed by atoms with Crippen LogP contribution in [0.4, 0.5) is 8.78 Å². The number of nitrogens with zero attached hydrogens (tertiary/aromatic N) is 3. The molecule has 3 aromatic rings. The van der Waals surface area contributed by atoms with E-state index in [1.807, 2.05) is 0 Å². The number of rotatable bonds is 5. The van der Waals surface area contributed by atoms with Crippen molar-refractivity contribution >= 4 is 17.7 Å². The molecule has 0 aliphatic heterocycles. The summed E-state index contributed by atoms with van der Waals surface area (Å²) in [6, 6.07) is 11.5. The third kappa shape index (κ3) is 3.28. The third-order valence-corrected chi connectivity index (χ3v) is 4.05. The number of carbonyl (C=O) groups is 1. The maximum atomic E-state index is 14.1. The first-order valence-electron chi connectivity index (χ1n) is 6.85. The Morgan fingerprint density at radius 2 is 1.79 bits per heavy atom. The number of hydrogen-bond donors (Lipinski definition) is 0. The number of thioether (sulfide) groups is 1. The Labute approximate surface area is 140 Å². The molecule has 0 fully saturated rings. The fourth-order valence-electron chi connectivity index (χ4n) is 2.13. The van der Waals surface area contributed by atoms with Crippen LogP contribution >= 0.6 is 11.8 Å². The molecule has 0 bridgehead atoms. The van der Waals surface area contributed by atoms with Crippen molar-refractivity contribution in [2.75, 3.05) is 5.75 Å². The van der Waals surface area contributed by atoms with Gasteiger partial charge >= 0.3 is 0 Å². The zero-order valence-electron chi connectivity index (χ0n) is 12.1. The first-order valence-corrected chi connectivity index (χ1v) is 7.83. The Morgan fingerprint density at radius 1 is 1.08 bits per heavy atom. The number of aromatic nitrogens is 3. The molecule has 0 amide bonds. The maximum absolute atomic E-state index is 14.1. The van der Waals surface area contributed by atoms with E-state index in [0.717, 1.165) is 11.8 Å². The molecular formula is C16H10F2N3O2S-. The quantitative estimate of drug-likeness (QED) is 0.661. The Morgan fingerprint density at radius 3 is 2.46 bits per heavy atom.